The first-order valence-corrected chi connectivity index (χ1v) is 1.98. The molecule has 0 N–H and O–H groups in total. The van der Waals surface area contributed by atoms with E-state index in [1.807, 2.05) is 0 Å². The molecule has 0 atom stereocenters. The lowest BCUT2D eigenvalue weighted by Crippen LogP contribution is -2.03. The fraction of sp³-hybridized carbons (Fsp3) is 0.400. The molecule has 7 heavy (non-hydrogen) atoms. The van der Waals surface area contributed by atoms with Crippen molar-refractivity contribution < 1.29 is 9.59 Å². The molecule has 0 aromatic rings. The molecule has 0 saturated carbocycles. The molecule has 0 unspecified atom stereocenters. The van der Waals surface area contributed by atoms with Gasteiger partial charge in [0.05, 0.1) is 0 Å². The SMILES string of the molecule is C[C](C=O)C(C)=O. The Balaban J connectivity index is 3.55. The van der Waals surface area contributed by atoms with Gasteiger partial charge in [0.1, 0.15) is 18.0 Å². The standard InChI is InChI=1S/C5H7O2/c1-4(3-6)5(2)7/h3H,1-2H3. The van der Waals surface area contributed by atoms with E-state index in [2.05, 4.69) is 0 Å². The normalized spacial score (nSPS) is 9.00. The highest BCUT2D eigenvalue weighted by molar-refractivity contribution is 6.05. The monoisotopic (exact) mass is 99.0 g/mol. The zero-order valence-corrected chi connectivity index (χ0v) is 4.39. The molecule has 0 aromatic heterocycles. The van der Waals surface area contributed by atoms with Crippen LogP contribution >= 0.6 is 0 Å². The Morgan fingerprint density at radius 3 is 1.86 bits per heavy atom. The molecule has 0 aromatic carbocycles. The maximum Gasteiger partial charge on any atom is 0.144 e. The third-order valence-electron chi connectivity index (χ3n) is 0.732. The van der Waals surface area contributed by atoms with Crippen LogP contribution in [0.1, 0.15) is 13.8 Å². The lowest BCUT2D eigenvalue weighted by atomic mass is 10.1. The molecule has 0 fully saturated rings. The Bertz CT molecular complexity index is 86.1. The molecule has 1 radical (unpaired) electrons. The van der Waals surface area contributed by atoms with Crippen molar-refractivity contribution in [1.29, 1.82) is 0 Å². The second-order valence-electron chi connectivity index (χ2n) is 1.36. The van der Waals surface area contributed by atoms with Gasteiger partial charge in [-0.2, -0.15) is 0 Å². The highest BCUT2D eigenvalue weighted by Crippen LogP contribution is 1.90. The summed E-state index contributed by atoms with van der Waals surface area (Å²) in [6, 6.07) is 0. The molecule has 2 heteroatoms. The van der Waals surface area contributed by atoms with Gasteiger partial charge in [-0.3, -0.25) is 4.79 Å². The smallest absolute Gasteiger partial charge is 0.144 e. The summed E-state index contributed by atoms with van der Waals surface area (Å²) in [5.74, 6) is 0.120. The summed E-state index contributed by atoms with van der Waals surface area (Å²) in [4.78, 5) is 19.8. The Hall–Kier alpha value is -0.660. The molecule has 0 aliphatic carbocycles. The summed E-state index contributed by atoms with van der Waals surface area (Å²) < 4.78 is 0. The first kappa shape index (κ1) is 6.34. The second-order valence-corrected chi connectivity index (χ2v) is 1.36. The highest BCUT2D eigenvalue weighted by Gasteiger charge is 2.03. The molecular formula is C5H7O2. The van der Waals surface area contributed by atoms with Gasteiger partial charge < -0.3 is 4.79 Å². The van der Waals surface area contributed by atoms with Crippen molar-refractivity contribution in [2.45, 2.75) is 13.8 Å². The second kappa shape index (κ2) is 2.50. The van der Waals surface area contributed by atoms with Crippen LogP contribution in [0.25, 0.3) is 0 Å². The zero-order valence-electron chi connectivity index (χ0n) is 4.39. The van der Waals surface area contributed by atoms with Crippen molar-refractivity contribution in [3.05, 3.63) is 5.92 Å². The van der Waals surface area contributed by atoms with Gasteiger partial charge in [-0.15, -0.1) is 0 Å². The van der Waals surface area contributed by atoms with Crippen LogP contribution in [0, 0.1) is 5.92 Å². The summed E-state index contributed by atoms with van der Waals surface area (Å²) in [5.41, 5.74) is 0. The molecule has 2 nitrogen and oxygen atoms in total. The predicted molar refractivity (Wildman–Crippen MR) is 25.7 cm³/mol. The number of rotatable bonds is 2. The van der Waals surface area contributed by atoms with Crippen LogP contribution in [0.4, 0.5) is 0 Å². The summed E-state index contributed by atoms with van der Waals surface area (Å²) in [6.07, 6.45) is 0.558. The quantitative estimate of drug-likeness (QED) is 0.370. The Kier molecular flexibility index (Phi) is 2.27. The van der Waals surface area contributed by atoms with Gasteiger partial charge in [0.2, 0.25) is 0 Å². The van der Waals surface area contributed by atoms with Crippen LogP contribution < -0.4 is 0 Å². The number of hydrogen-bond donors (Lipinski definition) is 0. The van der Waals surface area contributed by atoms with E-state index in [9.17, 15) is 9.59 Å². The maximum absolute atomic E-state index is 10.1. The molecule has 0 heterocycles. The Morgan fingerprint density at radius 1 is 1.43 bits per heavy atom. The lowest BCUT2D eigenvalue weighted by Gasteiger charge is -1.88. The Labute approximate surface area is 42.5 Å². The molecule has 0 aliphatic rings. The van der Waals surface area contributed by atoms with Gasteiger partial charge in [0.25, 0.3) is 0 Å². The van der Waals surface area contributed by atoms with Crippen molar-refractivity contribution in [1.82, 2.24) is 0 Å². The summed E-state index contributed by atoms with van der Waals surface area (Å²) >= 11 is 0. The summed E-state index contributed by atoms with van der Waals surface area (Å²) in [7, 11) is 0. The van der Waals surface area contributed by atoms with Crippen molar-refractivity contribution >= 4 is 12.1 Å². The number of Topliss-reactive ketones (excluding diaryl/α,β-unsaturated/α-hetero) is 1. The van der Waals surface area contributed by atoms with Gasteiger partial charge in [0.15, 0.2) is 0 Å². The molecule has 0 aliphatic heterocycles. The van der Waals surface area contributed by atoms with E-state index in [0.29, 0.717) is 6.29 Å². The average molecular weight is 99.1 g/mol. The van der Waals surface area contributed by atoms with Crippen LogP contribution in [-0.4, -0.2) is 12.1 Å². The van der Waals surface area contributed by atoms with E-state index < -0.39 is 0 Å². The molecule has 0 rings (SSSR count). The molecule has 0 saturated heterocycles. The van der Waals surface area contributed by atoms with Crippen LogP contribution in [0.2, 0.25) is 0 Å². The lowest BCUT2D eigenvalue weighted by molar-refractivity contribution is -0.118. The zero-order chi connectivity index (χ0) is 5.86. The third-order valence-corrected chi connectivity index (χ3v) is 0.732. The van der Waals surface area contributed by atoms with Crippen molar-refractivity contribution in [3.63, 3.8) is 0 Å². The molecule has 0 bridgehead atoms. The van der Waals surface area contributed by atoms with E-state index in [1.165, 1.54) is 13.8 Å². The Morgan fingerprint density at radius 2 is 1.86 bits per heavy atom. The van der Waals surface area contributed by atoms with Gasteiger partial charge in [-0.1, -0.05) is 0 Å². The fourth-order valence-electron chi connectivity index (χ4n) is 0.0830. The van der Waals surface area contributed by atoms with Crippen LogP contribution in [0.3, 0.4) is 0 Å². The van der Waals surface area contributed by atoms with Gasteiger partial charge in [-0.05, 0) is 13.8 Å². The topological polar surface area (TPSA) is 34.1 Å². The number of hydrogen-bond acceptors (Lipinski definition) is 2. The van der Waals surface area contributed by atoms with E-state index in [4.69, 9.17) is 0 Å². The van der Waals surface area contributed by atoms with Gasteiger partial charge >= 0.3 is 0 Å². The fourth-order valence-corrected chi connectivity index (χ4v) is 0.0830. The number of aldehydes is 1. The van der Waals surface area contributed by atoms with Crippen molar-refractivity contribution in [2.75, 3.05) is 0 Å². The first-order valence-electron chi connectivity index (χ1n) is 1.98. The van der Waals surface area contributed by atoms with Crippen LogP contribution in [0.5, 0.6) is 0 Å². The van der Waals surface area contributed by atoms with E-state index in [1.54, 1.807) is 0 Å². The van der Waals surface area contributed by atoms with Crippen LogP contribution in [0.15, 0.2) is 0 Å². The highest BCUT2D eigenvalue weighted by atomic mass is 16.1. The first-order chi connectivity index (χ1) is 3.18. The molecule has 0 amide bonds. The average Bonchev–Trinajstić information content (AvgIpc) is 1.65. The molecule has 39 valence electrons. The van der Waals surface area contributed by atoms with Crippen molar-refractivity contribution in [2.24, 2.45) is 0 Å². The maximum atomic E-state index is 10.1. The van der Waals surface area contributed by atoms with Gasteiger partial charge in [0, 0.05) is 0 Å². The number of carbonyl (C=O) groups is 2. The largest absolute Gasteiger partial charge is 0.302 e. The minimum absolute atomic E-state index is 0.157. The van der Waals surface area contributed by atoms with Crippen LogP contribution in [-0.2, 0) is 9.59 Å². The number of carbonyl (C=O) groups excluding carboxylic acids is 2. The third kappa shape index (κ3) is 2.09. The minimum Gasteiger partial charge on any atom is -0.302 e. The predicted octanol–water partition coefficient (Wildman–Crippen LogP) is 0.369. The van der Waals surface area contributed by atoms with E-state index >= 15 is 0 Å². The van der Waals surface area contributed by atoms with E-state index in [0.717, 1.165) is 0 Å². The summed E-state index contributed by atoms with van der Waals surface area (Å²) in [5, 5.41) is 0. The molecule has 0 spiro atoms. The van der Waals surface area contributed by atoms with Crippen molar-refractivity contribution in [3.8, 4) is 0 Å². The minimum atomic E-state index is -0.157. The van der Waals surface area contributed by atoms with E-state index in [-0.39, 0.29) is 11.7 Å². The summed E-state index contributed by atoms with van der Waals surface area (Å²) in [6.45, 7) is 2.86. The molecular weight excluding hydrogens is 92.1 g/mol. The number of ketones is 1. The van der Waals surface area contributed by atoms with Gasteiger partial charge in [-0.25, -0.2) is 0 Å².